The molecule has 0 unspecified atom stereocenters. The molecule has 1 atom stereocenters. The molecule has 0 radical (unpaired) electrons. The van der Waals surface area contributed by atoms with Gasteiger partial charge in [0.2, 0.25) is 0 Å². The van der Waals surface area contributed by atoms with Crippen LogP contribution in [0.3, 0.4) is 0 Å². The van der Waals surface area contributed by atoms with Gasteiger partial charge in [-0.15, -0.1) is 0 Å². The van der Waals surface area contributed by atoms with Crippen molar-refractivity contribution >= 4 is 55.8 Å². The van der Waals surface area contributed by atoms with Gasteiger partial charge in [0.25, 0.3) is 5.91 Å². The van der Waals surface area contributed by atoms with E-state index in [2.05, 4.69) is 15.4 Å². The topological polar surface area (TPSA) is 120 Å². The number of ether oxygens (including phenoxy) is 1. The zero-order valence-corrected chi connectivity index (χ0v) is 23.0. The Morgan fingerprint density at radius 3 is 2.49 bits per heavy atom. The van der Waals surface area contributed by atoms with Crippen LogP contribution < -0.4 is 20.1 Å². The highest BCUT2D eigenvalue weighted by Crippen LogP contribution is 2.35. The Balaban J connectivity index is 2.06. The van der Waals surface area contributed by atoms with E-state index in [9.17, 15) is 27.1 Å². The highest BCUT2D eigenvalue weighted by atomic mass is 127. The van der Waals surface area contributed by atoms with E-state index in [0.29, 0.717) is 3.57 Å². The Hall–Kier alpha value is -3.01. The van der Waals surface area contributed by atoms with Crippen molar-refractivity contribution in [3.8, 4) is 11.5 Å². The fourth-order valence-electron chi connectivity index (χ4n) is 3.06. The molecule has 0 saturated heterocycles. The molecule has 1 amide bonds. The standard InChI is InChI=1S/C24H25F2IN4O5S/c1-14(13-32)28-24(33)23-21(29-20-8-7-16(27)11-19(20)26)9-15(25)10-22(23)36-18-6-4-5-17(12-18)30-37(34,35)31(2)3/h4-12,14,29-30,32H,13H2,1-3H3,(H,28,33)/t14-/m0/s1. The average Bonchev–Trinajstić information content (AvgIpc) is 2.80. The maximum Gasteiger partial charge on any atom is 0.301 e. The van der Waals surface area contributed by atoms with Crippen LogP contribution in [0, 0.1) is 15.2 Å². The van der Waals surface area contributed by atoms with Crippen molar-refractivity contribution in [2.75, 3.05) is 30.7 Å². The predicted octanol–water partition coefficient (Wildman–Crippen LogP) is 4.43. The van der Waals surface area contributed by atoms with Crippen molar-refractivity contribution in [3.05, 3.63) is 75.4 Å². The highest BCUT2D eigenvalue weighted by molar-refractivity contribution is 14.1. The zero-order chi connectivity index (χ0) is 27.3. The predicted molar refractivity (Wildman–Crippen MR) is 146 cm³/mol. The van der Waals surface area contributed by atoms with Crippen LogP contribution in [0.25, 0.3) is 0 Å². The molecular formula is C24H25F2IN4O5S. The van der Waals surface area contributed by atoms with Crippen LogP contribution in [-0.2, 0) is 10.2 Å². The largest absolute Gasteiger partial charge is 0.456 e. The number of aliphatic hydroxyl groups is 1. The van der Waals surface area contributed by atoms with Crippen molar-refractivity contribution in [2.24, 2.45) is 0 Å². The molecule has 9 nitrogen and oxygen atoms in total. The Morgan fingerprint density at radius 1 is 1.11 bits per heavy atom. The van der Waals surface area contributed by atoms with E-state index in [1.165, 1.54) is 50.5 Å². The highest BCUT2D eigenvalue weighted by Gasteiger charge is 2.23. The summed E-state index contributed by atoms with van der Waals surface area (Å²) in [5.74, 6) is -2.23. The lowest BCUT2D eigenvalue weighted by molar-refractivity contribution is 0.0921. The molecule has 13 heteroatoms. The molecule has 198 valence electrons. The number of amides is 1. The quantitative estimate of drug-likeness (QED) is 0.242. The molecule has 3 rings (SSSR count). The number of carbonyl (C=O) groups excluding carboxylic acids is 1. The minimum absolute atomic E-state index is 0.00121. The number of nitrogens with one attached hydrogen (secondary N) is 3. The van der Waals surface area contributed by atoms with Crippen LogP contribution in [0.1, 0.15) is 17.3 Å². The molecule has 3 aromatic rings. The van der Waals surface area contributed by atoms with Gasteiger partial charge in [0, 0.05) is 35.8 Å². The molecule has 0 aliphatic carbocycles. The first-order chi connectivity index (χ1) is 17.4. The molecule has 0 aromatic heterocycles. The van der Waals surface area contributed by atoms with E-state index in [1.54, 1.807) is 13.0 Å². The molecule has 0 spiro atoms. The normalized spacial score (nSPS) is 12.2. The van der Waals surface area contributed by atoms with E-state index in [-0.39, 0.29) is 40.7 Å². The van der Waals surface area contributed by atoms with E-state index >= 15 is 0 Å². The van der Waals surface area contributed by atoms with E-state index < -0.39 is 33.8 Å². The first kappa shape index (κ1) is 28.6. The van der Waals surface area contributed by atoms with Crippen LogP contribution in [0.5, 0.6) is 11.5 Å². The van der Waals surface area contributed by atoms with Crippen LogP contribution in [0.4, 0.5) is 25.8 Å². The maximum absolute atomic E-state index is 14.7. The molecule has 0 aliphatic rings. The second kappa shape index (κ2) is 12.0. The third-order valence-corrected chi connectivity index (χ3v) is 7.06. The summed E-state index contributed by atoms with van der Waals surface area (Å²) in [6.45, 7) is 1.21. The van der Waals surface area contributed by atoms with Gasteiger partial charge in [0.15, 0.2) is 0 Å². The third-order valence-electron chi connectivity index (χ3n) is 4.94. The van der Waals surface area contributed by atoms with Crippen LogP contribution in [0.2, 0.25) is 0 Å². The first-order valence-corrected chi connectivity index (χ1v) is 13.4. The van der Waals surface area contributed by atoms with Gasteiger partial charge in [-0.3, -0.25) is 9.52 Å². The fraction of sp³-hybridized carbons (Fsp3) is 0.208. The first-order valence-electron chi connectivity index (χ1n) is 10.8. The lowest BCUT2D eigenvalue weighted by atomic mass is 10.1. The zero-order valence-electron chi connectivity index (χ0n) is 20.1. The smallest absolute Gasteiger partial charge is 0.301 e. The van der Waals surface area contributed by atoms with Gasteiger partial charge in [0.05, 0.1) is 23.7 Å². The summed E-state index contributed by atoms with van der Waals surface area (Å²) in [5.41, 5.74) is -0.0655. The second-order valence-electron chi connectivity index (χ2n) is 8.15. The minimum atomic E-state index is -3.80. The Bertz CT molecular complexity index is 1410. The van der Waals surface area contributed by atoms with Crippen molar-refractivity contribution in [1.29, 1.82) is 0 Å². The van der Waals surface area contributed by atoms with Crippen molar-refractivity contribution in [2.45, 2.75) is 13.0 Å². The third kappa shape index (κ3) is 7.50. The molecule has 0 fully saturated rings. The van der Waals surface area contributed by atoms with Gasteiger partial charge < -0.3 is 20.5 Å². The summed E-state index contributed by atoms with van der Waals surface area (Å²) in [5, 5.41) is 14.7. The Kier molecular flexibility index (Phi) is 9.28. The summed E-state index contributed by atoms with van der Waals surface area (Å²) < 4.78 is 63.4. The van der Waals surface area contributed by atoms with Crippen molar-refractivity contribution < 1.29 is 31.8 Å². The molecule has 0 saturated carbocycles. The number of nitrogens with zero attached hydrogens (tertiary/aromatic N) is 1. The lowest BCUT2D eigenvalue weighted by Crippen LogP contribution is -2.35. The minimum Gasteiger partial charge on any atom is -0.456 e. The number of hydrogen-bond donors (Lipinski definition) is 4. The molecule has 0 bridgehead atoms. The van der Waals surface area contributed by atoms with Crippen LogP contribution >= 0.6 is 22.6 Å². The molecule has 0 heterocycles. The van der Waals surface area contributed by atoms with Gasteiger partial charge in [-0.25, -0.2) is 8.78 Å². The molecule has 37 heavy (non-hydrogen) atoms. The Labute approximate surface area is 227 Å². The fourth-order valence-corrected chi connectivity index (χ4v) is 4.12. The van der Waals surface area contributed by atoms with Crippen molar-refractivity contribution in [1.82, 2.24) is 9.62 Å². The lowest BCUT2D eigenvalue weighted by Gasteiger charge is -2.19. The number of carbonyl (C=O) groups is 1. The van der Waals surface area contributed by atoms with E-state index in [0.717, 1.165) is 16.4 Å². The van der Waals surface area contributed by atoms with Crippen LogP contribution in [0.15, 0.2) is 54.6 Å². The van der Waals surface area contributed by atoms with Gasteiger partial charge in [0.1, 0.15) is 28.7 Å². The monoisotopic (exact) mass is 646 g/mol. The molecular weight excluding hydrogens is 621 g/mol. The summed E-state index contributed by atoms with van der Waals surface area (Å²) in [4.78, 5) is 13.2. The number of anilines is 3. The van der Waals surface area contributed by atoms with Gasteiger partial charge in [-0.1, -0.05) is 6.07 Å². The molecule has 3 aromatic carbocycles. The van der Waals surface area contributed by atoms with Gasteiger partial charge in [-0.05, 0) is 65.9 Å². The van der Waals surface area contributed by atoms with Crippen molar-refractivity contribution in [3.63, 3.8) is 0 Å². The van der Waals surface area contributed by atoms with Crippen LogP contribution in [-0.4, -0.2) is 50.5 Å². The average molecular weight is 646 g/mol. The van der Waals surface area contributed by atoms with E-state index in [4.69, 9.17) is 4.74 Å². The SMILES string of the molecule is C[C@@H](CO)NC(=O)c1c(Nc2ccc(I)cc2F)cc(F)cc1Oc1cccc(NS(=O)(=O)N(C)C)c1. The number of halogens is 3. The van der Waals surface area contributed by atoms with E-state index in [1.807, 2.05) is 22.6 Å². The maximum atomic E-state index is 14.7. The number of rotatable bonds is 10. The summed E-state index contributed by atoms with van der Waals surface area (Å²) in [6.07, 6.45) is 0. The number of aliphatic hydroxyl groups excluding tert-OH is 1. The van der Waals surface area contributed by atoms with Gasteiger partial charge >= 0.3 is 10.2 Å². The summed E-state index contributed by atoms with van der Waals surface area (Å²) in [7, 11) is -1.08. The summed E-state index contributed by atoms with van der Waals surface area (Å²) in [6, 6.07) is 11.5. The Morgan fingerprint density at radius 2 is 1.84 bits per heavy atom. The van der Waals surface area contributed by atoms with Gasteiger partial charge in [-0.2, -0.15) is 12.7 Å². The second-order valence-corrected chi connectivity index (χ2v) is 11.3. The molecule has 4 N–H and O–H groups in total. The summed E-state index contributed by atoms with van der Waals surface area (Å²) >= 11 is 1.94. The number of benzene rings is 3. The molecule has 0 aliphatic heterocycles. The number of hydrogen-bond acceptors (Lipinski definition) is 6.